The molecule has 2 aliphatic heterocycles. The molecule has 1 aromatic heterocycles. The Morgan fingerprint density at radius 2 is 2.06 bits per heavy atom. The summed E-state index contributed by atoms with van der Waals surface area (Å²) in [6.45, 7) is 2.70. The van der Waals surface area contributed by atoms with Crippen LogP contribution in [0.3, 0.4) is 0 Å². The molecule has 2 saturated heterocycles. The minimum absolute atomic E-state index is 0.324. The van der Waals surface area contributed by atoms with Gasteiger partial charge in [-0.2, -0.15) is 0 Å². The third kappa shape index (κ3) is 2.55. The molecule has 1 aromatic rings. The molecule has 3 heterocycles. The van der Waals surface area contributed by atoms with Crippen LogP contribution in [-0.4, -0.2) is 36.7 Å². The summed E-state index contributed by atoms with van der Waals surface area (Å²) in [6, 6.07) is 2.51. The smallest absolute Gasteiger partial charge is 0.0843 e. The van der Waals surface area contributed by atoms with Gasteiger partial charge in [0.15, 0.2) is 0 Å². The fourth-order valence-electron chi connectivity index (χ4n) is 2.87. The molecule has 2 N–H and O–H groups in total. The zero-order chi connectivity index (χ0) is 12.7. The second kappa shape index (κ2) is 5.50. The predicted molar refractivity (Wildman–Crippen MR) is 81.0 cm³/mol. The first-order valence-corrected chi connectivity index (χ1v) is 8.62. The van der Waals surface area contributed by atoms with E-state index in [1.165, 1.54) is 17.7 Å². The van der Waals surface area contributed by atoms with Crippen molar-refractivity contribution in [3.8, 4) is 0 Å². The summed E-state index contributed by atoms with van der Waals surface area (Å²) < 4.78 is 8.16. The minimum atomic E-state index is 0.324. The summed E-state index contributed by atoms with van der Waals surface area (Å²) in [7, 11) is 0. The van der Waals surface area contributed by atoms with Crippen LogP contribution >= 0.6 is 43.2 Å². The van der Waals surface area contributed by atoms with E-state index >= 15 is 0 Å². The van der Waals surface area contributed by atoms with Crippen LogP contribution in [0, 0.1) is 0 Å². The van der Waals surface area contributed by atoms with Crippen molar-refractivity contribution in [3.63, 3.8) is 0 Å². The van der Waals surface area contributed by atoms with Crippen molar-refractivity contribution >= 4 is 43.2 Å². The highest BCUT2D eigenvalue weighted by Crippen LogP contribution is 2.39. The van der Waals surface area contributed by atoms with Crippen molar-refractivity contribution in [3.05, 3.63) is 19.2 Å². The molecule has 0 radical (unpaired) electrons. The first-order chi connectivity index (χ1) is 8.67. The van der Waals surface area contributed by atoms with Crippen LogP contribution in [-0.2, 0) is 4.74 Å². The lowest BCUT2D eigenvalue weighted by atomic mass is 10.1. The van der Waals surface area contributed by atoms with E-state index in [2.05, 4.69) is 42.8 Å². The van der Waals surface area contributed by atoms with Gasteiger partial charge in [-0.25, -0.2) is 0 Å². The maximum Gasteiger partial charge on any atom is 0.0843 e. The monoisotopic (exact) mass is 394 g/mol. The van der Waals surface area contributed by atoms with E-state index in [1.807, 2.05) is 0 Å². The van der Waals surface area contributed by atoms with Gasteiger partial charge in [0.1, 0.15) is 0 Å². The first kappa shape index (κ1) is 13.5. The Labute approximate surface area is 128 Å². The van der Waals surface area contributed by atoms with Gasteiger partial charge in [0.05, 0.1) is 22.0 Å². The normalized spacial score (nSPS) is 29.7. The largest absolute Gasteiger partial charge is 0.372 e. The molecule has 3 atom stereocenters. The highest BCUT2D eigenvalue weighted by Gasteiger charge is 2.37. The van der Waals surface area contributed by atoms with Crippen LogP contribution in [0.2, 0.25) is 0 Å². The lowest BCUT2D eigenvalue weighted by molar-refractivity contribution is -0.0516. The Hall–Kier alpha value is 0.540. The molecule has 0 spiro atoms. The third-order valence-electron chi connectivity index (χ3n) is 3.73. The second-order valence-corrected chi connectivity index (χ2v) is 8.19. The molecular formula is C12H16Br2N2OS. The molecule has 0 saturated carbocycles. The van der Waals surface area contributed by atoms with Gasteiger partial charge in [0.25, 0.3) is 0 Å². The second-order valence-electron chi connectivity index (χ2n) is 4.93. The van der Waals surface area contributed by atoms with E-state index in [-0.39, 0.29) is 0 Å². The maximum atomic E-state index is 6.00. The minimum Gasteiger partial charge on any atom is -0.372 e. The summed E-state index contributed by atoms with van der Waals surface area (Å²) in [5, 5.41) is 0. The van der Waals surface area contributed by atoms with Crippen LogP contribution in [0.15, 0.2) is 14.3 Å². The van der Waals surface area contributed by atoms with Crippen molar-refractivity contribution in [1.82, 2.24) is 4.90 Å². The number of rotatable bonds is 3. The summed E-state index contributed by atoms with van der Waals surface area (Å²) in [4.78, 5) is 3.83. The number of likely N-dealkylation sites (tertiary alicyclic amines) is 1. The molecule has 3 rings (SSSR count). The van der Waals surface area contributed by atoms with Gasteiger partial charge in [-0.15, -0.1) is 11.3 Å². The Kier molecular flexibility index (Phi) is 4.13. The van der Waals surface area contributed by atoms with E-state index in [4.69, 9.17) is 10.5 Å². The van der Waals surface area contributed by atoms with Gasteiger partial charge in [0.2, 0.25) is 0 Å². The average Bonchev–Trinajstić information content (AvgIpc) is 2.84. The Morgan fingerprint density at radius 1 is 1.39 bits per heavy atom. The van der Waals surface area contributed by atoms with E-state index in [0.29, 0.717) is 24.8 Å². The molecule has 3 nitrogen and oxygen atoms in total. The molecule has 2 fully saturated rings. The number of hydrogen-bond acceptors (Lipinski definition) is 4. The fourth-order valence-corrected chi connectivity index (χ4v) is 5.11. The summed E-state index contributed by atoms with van der Waals surface area (Å²) >= 11 is 8.89. The molecule has 18 heavy (non-hydrogen) atoms. The van der Waals surface area contributed by atoms with E-state index in [1.54, 1.807) is 11.3 Å². The quantitative estimate of drug-likeness (QED) is 0.854. The van der Waals surface area contributed by atoms with Crippen molar-refractivity contribution in [2.75, 3.05) is 19.6 Å². The number of nitrogens with zero attached hydrogens (tertiary/aromatic N) is 1. The summed E-state index contributed by atoms with van der Waals surface area (Å²) in [5.41, 5.74) is 6.00. The molecule has 6 heteroatoms. The van der Waals surface area contributed by atoms with Crippen LogP contribution < -0.4 is 5.73 Å². The molecule has 2 bridgehead atoms. The van der Waals surface area contributed by atoms with Crippen LogP contribution in [0.4, 0.5) is 0 Å². The van der Waals surface area contributed by atoms with Crippen molar-refractivity contribution in [2.45, 2.75) is 31.1 Å². The topological polar surface area (TPSA) is 38.5 Å². The molecular weight excluding hydrogens is 380 g/mol. The van der Waals surface area contributed by atoms with Gasteiger partial charge in [-0.1, -0.05) is 0 Å². The maximum absolute atomic E-state index is 6.00. The van der Waals surface area contributed by atoms with Crippen molar-refractivity contribution in [2.24, 2.45) is 5.73 Å². The number of nitrogens with two attached hydrogens (primary N) is 1. The third-order valence-corrected chi connectivity index (χ3v) is 7.09. The summed E-state index contributed by atoms with van der Waals surface area (Å²) in [5.74, 6) is 0. The van der Waals surface area contributed by atoms with Crippen LogP contribution in [0.5, 0.6) is 0 Å². The Morgan fingerprint density at radius 3 is 2.56 bits per heavy atom. The SMILES string of the molecule is NCC(c1cc(Br)c(Br)s1)N1CC2CCC(C1)O2. The molecule has 3 unspecified atom stereocenters. The molecule has 0 amide bonds. The van der Waals surface area contributed by atoms with E-state index < -0.39 is 0 Å². The zero-order valence-electron chi connectivity index (χ0n) is 9.94. The van der Waals surface area contributed by atoms with E-state index in [0.717, 1.165) is 21.3 Å². The number of ether oxygens (including phenoxy) is 1. The molecule has 0 aliphatic carbocycles. The standard InChI is InChI=1S/C12H16Br2N2OS/c13-9-3-11(18-12(9)14)10(4-15)16-5-7-1-2-8(6-16)17-7/h3,7-8,10H,1-2,4-6,15H2. The van der Waals surface area contributed by atoms with Gasteiger partial charge in [0, 0.05) is 29.0 Å². The predicted octanol–water partition coefficient (Wildman–Crippen LogP) is 3.14. The summed E-state index contributed by atoms with van der Waals surface area (Å²) in [6.07, 6.45) is 3.25. The zero-order valence-corrected chi connectivity index (χ0v) is 13.9. The van der Waals surface area contributed by atoms with Gasteiger partial charge in [-0.05, 0) is 50.8 Å². The highest BCUT2D eigenvalue weighted by atomic mass is 79.9. The Bertz CT molecular complexity index is 408. The van der Waals surface area contributed by atoms with Crippen molar-refractivity contribution in [1.29, 1.82) is 0 Å². The number of morpholine rings is 1. The first-order valence-electron chi connectivity index (χ1n) is 6.21. The molecule has 100 valence electrons. The van der Waals surface area contributed by atoms with Crippen molar-refractivity contribution < 1.29 is 4.74 Å². The molecule has 0 aromatic carbocycles. The lowest BCUT2D eigenvalue weighted by Crippen LogP contribution is -2.46. The van der Waals surface area contributed by atoms with Crippen LogP contribution in [0.1, 0.15) is 23.8 Å². The number of halogens is 2. The lowest BCUT2D eigenvalue weighted by Gasteiger charge is -2.37. The molecule has 2 aliphatic rings. The Balaban J connectivity index is 1.79. The average molecular weight is 396 g/mol. The van der Waals surface area contributed by atoms with Gasteiger partial charge >= 0.3 is 0 Å². The number of thiophene rings is 1. The number of hydrogen-bond donors (Lipinski definition) is 1. The van der Waals surface area contributed by atoms with Gasteiger partial charge < -0.3 is 10.5 Å². The van der Waals surface area contributed by atoms with Gasteiger partial charge in [-0.3, -0.25) is 4.90 Å². The number of fused-ring (bicyclic) bond motifs is 2. The fraction of sp³-hybridized carbons (Fsp3) is 0.667. The van der Waals surface area contributed by atoms with E-state index in [9.17, 15) is 0 Å². The highest BCUT2D eigenvalue weighted by molar-refractivity contribution is 9.13. The van der Waals surface area contributed by atoms with Crippen LogP contribution in [0.25, 0.3) is 0 Å².